The molecule has 0 heterocycles. The van der Waals surface area contributed by atoms with Crippen molar-refractivity contribution in [1.29, 1.82) is 0 Å². The minimum Gasteiger partial charge on any atom is -0.481 e. The monoisotopic (exact) mass is 313 g/mol. The number of aliphatic hydroxyl groups excluding tert-OH is 1. The number of hydrogen-bond donors (Lipinski definition) is 1. The molecule has 21 heavy (non-hydrogen) atoms. The quantitative estimate of drug-likeness (QED) is 0.802. The highest BCUT2D eigenvalue weighted by Gasteiger charge is 2.26. The van der Waals surface area contributed by atoms with Crippen molar-refractivity contribution in [3.8, 4) is 5.75 Å². The van der Waals surface area contributed by atoms with Crippen molar-refractivity contribution in [2.24, 2.45) is 0 Å². The highest BCUT2D eigenvalue weighted by atomic mass is 35.5. The number of hydrogen-bond acceptors (Lipinski definition) is 3. The molecule has 0 aliphatic carbocycles. The van der Waals surface area contributed by atoms with Crippen molar-refractivity contribution in [1.82, 2.24) is 4.90 Å². The summed E-state index contributed by atoms with van der Waals surface area (Å²) in [4.78, 5) is 14.2. The average molecular weight is 314 g/mol. The van der Waals surface area contributed by atoms with Crippen LogP contribution in [0.15, 0.2) is 24.3 Å². The van der Waals surface area contributed by atoms with Gasteiger partial charge in [0.1, 0.15) is 5.75 Å². The van der Waals surface area contributed by atoms with E-state index in [4.69, 9.17) is 16.3 Å². The molecule has 1 aromatic carbocycles. The van der Waals surface area contributed by atoms with Crippen LogP contribution in [0.1, 0.15) is 33.6 Å². The smallest absolute Gasteiger partial charge is 0.263 e. The molecule has 4 nitrogen and oxygen atoms in total. The predicted octanol–water partition coefficient (Wildman–Crippen LogP) is 3.12. The number of nitrogens with zero attached hydrogens (tertiary/aromatic N) is 1. The molecule has 0 fully saturated rings. The van der Waals surface area contributed by atoms with Crippen LogP contribution in [0.25, 0.3) is 0 Å². The Morgan fingerprint density at radius 1 is 1.29 bits per heavy atom. The molecule has 118 valence electrons. The van der Waals surface area contributed by atoms with Crippen LogP contribution in [0.2, 0.25) is 5.02 Å². The maximum atomic E-state index is 12.5. The molecule has 5 heteroatoms. The largest absolute Gasteiger partial charge is 0.481 e. The van der Waals surface area contributed by atoms with E-state index in [0.717, 1.165) is 12.8 Å². The van der Waals surface area contributed by atoms with Gasteiger partial charge in [-0.25, -0.2) is 0 Å². The number of carbonyl (C=O) groups is 1. The SMILES string of the molecule is CCC(CC)N(CCO)C(=O)C(C)Oc1ccc(Cl)cc1. The van der Waals surface area contributed by atoms with Crippen LogP contribution >= 0.6 is 11.6 Å². The fourth-order valence-electron chi connectivity index (χ4n) is 2.31. The standard InChI is InChI=1S/C16H24ClNO3/c1-4-14(5-2)18(10-11-19)16(20)12(3)21-15-8-6-13(17)7-9-15/h6-9,12,14,19H,4-5,10-11H2,1-3H3. The van der Waals surface area contributed by atoms with Crippen molar-refractivity contribution in [2.75, 3.05) is 13.2 Å². The van der Waals surface area contributed by atoms with Crippen LogP contribution in [0.5, 0.6) is 5.75 Å². The molecule has 0 aliphatic heterocycles. The van der Waals surface area contributed by atoms with Crippen LogP contribution in [0, 0.1) is 0 Å². The molecule has 1 atom stereocenters. The Hall–Kier alpha value is -1.26. The lowest BCUT2D eigenvalue weighted by Gasteiger charge is -2.32. The fourth-order valence-corrected chi connectivity index (χ4v) is 2.44. The van der Waals surface area contributed by atoms with E-state index in [2.05, 4.69) is 0 Å². The summed E-state index contributed by atoms with van der Waals surface area (Å²) in [5.74, 6) is 0.501. The molecule has 1 aromatic rings. The third-order valence-corrected chi connectivity index (χ3v) is 3.73. The summed E-state index contributed by atoms with van der Waals surface area (Å²) in [6, 6.07) is 7.04. The van der Waals surface area contributed by atoms with Gasteiger partial charge in [-0.1, -0.05) is 25.4 Å². The van der Waals surface area contributed by atoms with Gasteiger partial charge in [-0.3, -0.25) is 4.79 Å². The molecule has 0 bridgehead atoms. The zero-order valence-electron chi connectivity index (χ0n) is 12.9. The summed E-state index contributed by atoms with van der Waals surface area (Å²) in [6.07, 6.45) is 1.12. The van der Waals surface area contributed by atoms with Crippen LogP contribution in [-0.4, -0.2) is 41.2 Å². The van der Waals surface area contributed by atoms with Crippen LogP contribution < -0.4 is 4.74 Å². The number of amides is 1. The molecule has 0 saturated heterocycles. The molecule has 0 spiro atoms. The molecule has 1 amide bonds. The Bertz CT molecular complexity index is 432. The summed E-state index contributed by atoms with van der Waals surface area (Å²) >= 11 is 5.82. The average Bonchev–Trinajstić information content (AvgIpc) is 2.49. The van der Waals surface area contributed by atoms with Crippen molar-refractivity contribution < 1.29 is 14.6 Å². The van der Waals surface area contributed by atoms with E-state index >= 15 is 0 Å². The van der Waals surface area contributed by atoms with E-state index in [9.17, 15) is 9.90 Å². The molecule has 1 unspecified atom stereocenters. The van der Waals surface area contributed by atoms with E-state index in [1.165, 1.54) is 0 Å². The number of rotatable bonds is 8. The van der Waals surface area contributed by atoms with E-state index in [1.807, 2.05) is 13.8 Å². The molecular formula is C16H24ClNO3. The van der Waals surface area contributed by atoms with Crippen molar-refractivity contribution in [3.63, 3.8) is 0 Å². The molecular weight excluding hydrogens is 290 g/mol. The molecule has 0 aliphatic rings. The topological polar surface area (TPSA) is 49.8 Å². The Balaban J connectivity index is 2.75. The van der Waals surface area contributed by atoms with E-state index in [1.54, 1.807) is 36.1 Å². The Kier molecular flexibility index (Phi) is 7.54. The van der Waals surface area contributed by atoms with E-state index < -0.39 is 6.10 Å². The van der Waals surface area contributed by atoms with Crippen molar-refractivity contribution in [3.05, 3.63) is 29.3 Å². The lowest BCUT2D eigenvalue weighted by atomic mass is 10.1. The van der Waals surface area contributed by atoms with E-state index in [0.29, 0.717) is 17.3 Å². The highest BCUT2D eigenvalue weighted by molar-refractivity contribution is 6.30. The van der Waals surface area contributed by atoms with Crippen molar-refractivity contribution in [2.45, 2.75) is 45.8 Å². The van der Waals surface area contributed by atoms with Gasteiger partial charge >= 0.3 is 0 Å². The molecule has 0 saturated carbocycles. The van der Waals surface area contributed by atoms with Crippen molar-refractivity contribution >= 4 is 17.5 Å². The van der Waals surface area contributed by atoms with Gasteiger partial charge < -0.3 is 14.7 Å². The van der Waals surface area contributed by atoms with Gasteiger partial charge in [-0.05, 0) is 44.0 Å². The van der Waals surface area contributed by atoms with E-state index in [-0.39, 0.29) is 18.6 Å². The number of carbonyl (C=O) groups excluding carboxylic acids is 1. The maximum Gasteiger partial charge on any atom is 0.263 e. The second kappa shape index (κ2) is 8.90. The first-order valence-electron chi connectivity index (χ1n) is 7.37. The van der Waals surface area contributed by atoms with Gasteiger partial charge in [0.25, 0.3) is 5.91 Å². The van der Waals surface area contributed by atoms with Gasteiger partial charge in [0.2, 0.25) is 0 Å². The molecule has 1 rings (SSSR count). The third-order valence-electron chi connectivity index (χ3n) is 3.48. The maximum absolute atomic E-state index is 12.5. The second-order valence-electron chi connectivity index (χ2n) is 4.94. The number of ether oxygens (including phenoxy) is 1. The number of benzene rings is 1. The van der Waals surface area contributed by atoms with Gasteiger partial charge in [0, 0.05) is 17.6 Å². The fraction of sp³-hybridized carbons (Fsp3) is 0.562. The Morgan fingerprint density at radius 2 is 1.86 bits per heavy atom. The number of aliphatic hydroxyl groups is 1. The minimum atomic E-state index is -0.599. The zero-order chi connectivity index (χ0) is 15.8. The first-order valence-corrected chi connectivity index (χ1v) is 7.74. The van der Waals surface area contributed by atoms with Gasteiger partial charge in [0.05, 0.1) is 6.61 Å². The van der Waals surface area contributed by atoms with Crippen LogP contribution in [-0.2, 0) is 4.79 Å². The highest BCUT2D eigenvalue weighted by Crippen LogP contribution is 2.18. The summed E-state index contributed by atoms with van der Waals surface area (Å²) in [5.41, 5.74) is 0. The Labute approximate surface area is 131 Å². The zero-order valence-corrected chi connectivity index (χ0v) is 13.6. The van der Waals surface area contributed by atoms with Crippen LogP contribution in [0.3, 0.4) is 0 Å². The predicted molar refractivity (Wildman–Crippen MR) is 84.7 cm³/mol. The number of halogens is 1. The summed E-state index contributed by atoms with van der Waals surface area (Å²) < 4.78 is 5.67. The van der Waals surface area contributed by atoms with Gasteiger partial charge in [0.15, 0.2) is 6.10 Å². The summed E-state index contributed by atoms with van der Waals surface area (Å²) in [6.45, 7) is 6.09. The molecule has 0 aromatic heterocycles. The lowest BCUT2D eigenvalue weighted by Crippen LogP contribution is -2.47. The molecule has 1 N–H and O–H groups in total. The normalized spacial score (nSPS) is 12.3. The van der Waals surface area contributed by atoms with Crippen LogP contribution in [0.4, 0.5) is 0 Å². The van der Waals surface area contributed by atoms with Gasteiger partial charge in [-0.2, -0.15) is 0 Å². The third kappa shape index (κ3) is 5.21. The minimum absolute atomic E-state index is 0.0457. The summed E-state index contributed by atoms with van der Waals surface area (Å²) in [7, 11) is 0. The molecule has 0 radical (unpaired) electrons. The Morgan fingerprint density at radius 3 is 2.33 bits per heavy atom. The first kappa shape index (κ1) is 17.8. The van der Waals surface area contributed by atoms with Gasteiger partial charge in [-0.15, -0.1) is 0 Å². The lowest BCUT2D eigenvalue weighted by molar-refractivity contribution is -0.141. The summed E-state index contributed by atoms with van der Waals surface area (Å²) in [5, 5.41) is 9.80. The second-order valence-corrected chi connectivity index (χ2v) is 5.38. The first-order chi connectivity index (χ1) is 10.0.